The third kappa shape index (κ3) is 3.08. The fraction of sp³-hybridized carbons (Fsp3) is 0.692. The smallest absolute Gasteiger partial charge is 0.224 e. The molecule has 1 heterocycles. The molecule has 1 aromatic heterocycles. The molecule has 2 rings (SSSR count). The van der Waals surface area contributed by atoms with Gasteiger partial charge in [0.15, 0.2) is 0 Å². The van der Waals surface area contributed by atoms with Gasteiger partial charge in [0.05, 0.1) is 0 Å². The summed E-state index contributed by atoms with van der Waals surface area (Å²) in [4.78, 5) is 8.84. The molecular formula is C13H22N4. The molecule has 94 valence electrons. The summed E-state index contributed by atoms with van der Waals surface area (Å²) < 4.78 is 0. The zero-order chi connectivity index (χ0) is 12.5. The van der Waals surface area contributed by atoms with Crippen molar-refractivity contribution in [3.05, 3.63) is 11.8 Å². The molecule has 0 spiro atoms. The Labute approximate surface area is 103 Å². The number of nitrogens with one attached hydrogen (secondary N) is 2. The fourth-order valence-electron chi connectivity index (χ4n) is 2.11. The number of aryl methyl sites for hydroxylation is 1. The van der Waals surface area contributed by atoms with E-state index in [1.54, 1.807) is 0 Å². The SMILES string of the molecule is CCNc1nc(C)cc(NC(C)(C)C2CC2)n1. The lowest BCUT2D eigenvalue weighted by molar-refractivity contribution is 0.492. The predicted molar refractivity (Wildman–Crippen MR) is 71.4 cm³/mol. The Morgan fingerprint density at radius 2 is 2.06 bits per heavy atom. The minimum atomic E-state index is 0.129. The van der Waals surface area contributed by atoms with E-state index in [1.807, 2.05) is 19.9 Å². The van der Waals surface area contributed by atoms with Crippen LogP contribution < -0.4 is 10.6 Å². The molecule has 4 heteroatoms. The predicted octanol–water partition coefficient (Wildman–Crippen LogP) is 2.82. The summed E-state index contributed by atoms with van der Waals surface area (Å²) in [5, 5.41) is 6.69. The second-order valence-corrected chi connectivity index (χ2v) is 5.37. The number of hydrogen-bond donors (Lipinski definition) is 2. The van der Waals surface area contributed by atoms with Gasteiger partial charge in [0.1, 0.15) is 5.82 Å². The highest BCUT2D eigenvalue weighted by Crippen LogP contribution is 2.40. The average molecular weight is 234 g/mol. The van der Waals surface area contributed by atoms with E-state index in [-0.39, 0.29) is 5.54 Å². The average Bonchev–Trinajstić information content (AvgIpc) is 2.98. The number of aromatic nitrogens is 2. The van der Waals surface area contributed by atoms with Crippen LogP contribution in [0, 0.1) is 12.8 Å². The van der Waals surface area contributed by atoms with Crippen LogP contribution in [0.15, 0.2) is 6.07 Å². The number of anilines is 2. The van der Waals surface area contributed by atoms with Gasteiger partial charge in [0, 0.05) is 23.8 Å². The van der Waals surface area contributed by atoms with Crippen molar-refractivity contribution in [2.24, 2.45) is 5.92 Å². The number of rotatable bonds is 5. The minimum absolute atomic E-state index is 0.129. The van der Waals surface area contributed by atoms with Crippen LogP contribution in [0.25, 0.3) is 0 Å². The third-order valence-electron chi connectivity index (χ3n) is 3.24. The molecule has 17 heavy (non-hydrogen) atoms. The van der Waals surface area contributed by atoms with Gasteiger partial charge >= 0.3 is 0 Å². The van der Waals surface area contributed by atoms with Crippen molar-refractivity contribution in [3.63, 3.8) is 0 Å². The topological polar surface area (TPSA) is 49.8 Å². The highest BCUT2D eigenvalue weighted by atomic mass is 15.2. The second kappa shape index (κ2) is 4.51. The van der Waals surface area contributed by atoms with Crippen LogP contribution in [0.4, 0.5) is 11.8 Å². The van der Waals surface area contributed by atoms with Crippen LogP contribution in [0.3, 0.4) is 0 Å². The second-order valence-electron chi connectivity index (χ2n) is 5.37. The van der Waals surface area contributed by atoms with E-state index in [0.29, 0.717) is 5.95 Å². The molecule has 0 saturated heterocycles. The fourth-order valence-corrected chi connectivity index (χ4v) is 2.11. The van der Waals surface area contributed by atoms with Crippen molar-refractivity contribution >= 4 is 11.8 Å². The van der Waals surface area contributed by atoms with Crippen LogP contribution in [-0.2, 0) is 0 Å². The third-order valence-corrected chi connectivity index (χ3v) is 3.24. The van der Waals surface area contributed by atoms with Crippen molar-refractivity contribution < 1.29 is 0 Å². The van der Waals surface area contributed by atoms with Gasteiger partial charge < -0.3 is 10.6 Å². The van der Waals surface area contributed by atoms with Crippen LogP contribution in [0.5, 0.6) is 0 Å². The monoisotopic (exact) mass is 234 g/mol. The molecular weight excluding hydrogens is 212 g/mol. The zero-order valence-electron chi connectivity index (χ0n) is 11.2. The van der Waals surface area contributed by atoms with Gasteiger partial charge in [-0.25, -0.2) is 4.98 Å². The summed E-state index contributed by atoms with van der Waals surface area (Å²) in [6.45, 7) is 9.38. The normalized spacial score (nSPS) is 15.8. The van der Waals surface area contributed by atoms with E-state index < -0.39 is 0 Å². The maximum Gasteiger partial charge on any atom is 0.224 e. The lowest BCUT2D eigenvalue weighted by atomic mass is 9.99. The van der Waals surface area contributed by atoms with Crippen LogP contribution >= 0.6 is 0 Å². The zero-order valence-corrected chi connectivity index (χ0v) is 11.2. The molecule has 0 unspecified atom stereocenters. The van der Waals surface area contributed by atoms with Crippen molar-refractivity contribution in [1.29, 1.82) is 0 Å². The molecule has 1 aliphatic rings. The van der Waals surface area contributed by atoms with E-state index in [2.05, 4.69) is 34.4 Å². The Morgan fingerprint density at radius 3 is 2.65 bits per heavy atom. The molecule has 0 bridgehead atoms. The van der Waals surface area contributed by atoms with E-state index in [4.69, 9.17) is 0 Å². The molecule has 0 aliphatic heterocycles. The largest absolute Gasteiger partial charge is 0.365 e. The molecule has 0 amide bonds. The first-order valence-corrected chi connectivity index (χ1v) is 6.39. The van der Waals surface area contributed by atoms with Crippen molar-refractivity contribution in [2.45, 2.75) is 46.1 Å². The lowest BCUT2D eigenvalue weighted by Gasteiger charge is -2.27. The Balaban J connectivity index is 2.14. The molecule has 4 nitrogen and oxygen atoms in total. The van der Waals surface area contributed by atoms with Gasteiger partial charge in [0.2, 0.25) is 5.95 Å². The Bertz CT molecular complexity index is 396. The Hall–Kier alpha value is -1.32. The molecule has 0 atom stereocenters. The Kier molecular flexibility index (Phi) is 3.22. The highest BCUT2D eigenvalue weighted by molar-refractivity contribution is 5.44. The van der Waals surface area contributed by atoms with Gasteiger partial charge in [-0.15, -0.1) is 0 Å². The summed E-state index contributed by atoms with van der Waals surface area (Å²) in [7, 11) is 0. The first-order chi connectivity index (χ1) is 8.01. The van der Waals surface area contributed by atoms with Gasteiger partial charge in [0.25, 0.3) is 0 Å². The Morgan fingerprint density at radius 1 is 1.35 bits per heavy atom. The standard InChI is InChI=1S/C13H22N4/c1-5-14-12-15-9(2)8-11(16-12)17-13(3,4)10-6-7-10/h8,10H,5-7H2,1-4H3,(H2,14,15,16,17). The first kappa shape index (κ1) is 12.1. The summed E-state index contributed by atoms with van der Waals surface area (Å²) in [6.07, 6.45) is 2.65. The maximum atomic E-state index is 4.49. The van der Waals surface area contributed by atoms with E-state index in [9.17, 15) is 0 Å². The van der Waals surface area contributed by atoms with Crippen LogP contribution in [0.2, 0.25) is 0 Å². The minimum Gasteiger partial charge on any atom is -0.365 e. The van der Waals surface area contributed by atoms with E-state index in [1.165, 1.54) is 12.8 Å². The summed E-state index contributed by atoms with van der Waals surface area (Å²) in [6, 6.07) is 2.00. The molecule has 0 aromatic carbocycles. The van der Waals surface area contributed by atoms with Crippen LogP contribution in [-0.4, -0.2) is 22.1 Å². The van der Waals surface area contributed by atoms with Crippen molar-refractivity contribution in [3.8, 4) is 0 Å². The van der Waals surface area contributed by atoms with Gasteiger partial charge in [-0.1, -0.05) is 0 Å². The molecule has 1 fully saturated rings. The highest BCUT2D eigenvalue weighted by Gasteiger charge is 2.37. The number of nitrogens with zero attached hydrogens (tertiary/aromatic N) is 2. The maximum absolute atomic E-state index is 4.49. The van der Waals surface area contributed by atoms with Gasteiger partial charge in [-0.3, -0.25) is 0 Å². The van der Waals surface area contributed by atoms with Gasteiger partial charge in [-0.2, -0.15) is 4.98 Å². The van der Waals surface area contributed by atoms with E-state index in [0.717, 1.165) is 24.0 Å². The summed E-state index contributed by atoms with van der Waals surface area (Å²) in [5.41, 5.74) is 1.12. The van der Waals surface area contributed by atoms with Crippen LogP contribution in [0.1, 0.15) is 39.3 Å². The molecule has 0 radical (unpaired) electrons. The van der Waals surface area contributed by atoms with Crippen molar-refractivity contribution in [2.75, 3.05) is 17.2 Å². The molecule has 2 N–H and O–H groups in total. The summed E-state index contributed by atoms with van der Waals surface area (Å²) >= 11 is 0. The molecule has 1 saturated carbocycles. The first-order valence-electron chi connectivity index (χ1n) is 6.39. The molecule has 1 aliphatic carbocycles. The quantitative estimate of drug-likeness (QED) is 0.822. The molecule has 1 aromatic rings. The van der Waals surface area contributed by atoms with E-state index >= 15 is 0 Å². The lowest BCUT2D eigenvalue weighted by Crippen LogP contribution is -2.33. The van der Waals surface area contributed by atoms with Crippen molar-refractivity contribution in [1.82, 2.24) is 9.97 Å². The van der Waals surface area contributed by atoms with Gasteiger partial charge in [-0.05, 0) is 46.5 Å². The number of hydrogen-bond acceptors (Lipinski definition) is 4. The summed E-state index contributed by atoms with van der Waals surface area (Å²) in [5.74, 6) is 2.41.